The number of carbonyl (C=O) groups excluding carboxylic acids is 1. The van der Waals surface area contributed by atoms with Gasteiger partial charge in [-0.1, -0.05) is 11.6 Å². The third-order valence-electron chi connectivity index (χ3n) is 2.38. The third-order valence-corrected chi connectivity index (χ3v) is 2.81. The van der Waals surface area contributed by atoms with Crippen molar-refractivity contribution >= 4 is 17.5 Å². The van der Waals surface area contributed by atoms with E-state index in [-0.39, 0.29) is 5.91 Å². The van der Waals surface area contributed by atoms with Crippen molar-refractivity contribution in [3.05, 3.63) is 34.3 Å². The van der Waals surface area contributed by atoms with Crippen LogP contribution in [0.25, 0.3) is 0 Å². The first-order valence-corrected chi connectivity index (χ1v) is 5.27. The van der Waals surface area contributed by atoms with Gasteiger partial charge in [-0.2, -0.15) is 0 Å². The minimum absolute atomic E-state index is 0.0905. The Kier molecular flexibility index (Phi) is 2.93. The fourth-order valence-corrected chi connectivity index (χ4v) is 1.65. The number of hydrogen-bond acceptors (Lipinski definition) is 2. The second-order valence-corrected chi connectivity index (χ2v) is 3.97. The van der Waals surface area contributed by atoms with Crippen molar-refractivity contribution in [2.45, 2.75) is 13.3 Å². The molecule has 0 aromatic heterocycles. The monoisotopic (exact) mass is 225 g/mol. The zero-order chi connectivity index (χ0) is 10.8. The summed E-state index contributed by atoms with van der Waals surface area (Å²) in [6, 6.07) is 5.24. The molecule has 0 aliphatic carbocycles. The van der Waals surface area contributed by atoms with Gasteiger partial charge in [0.25, 0.3) is 5.91 Å². The average molecular weight is 226 g/mol. The minimum atomic E-state index is -0.0905. The lowest BCUT2D eigenvalue weighted by Crippen LogP contribution is -2.26. The summed E-state index contributed by atoms with van der Waals surface area (Å²) < 4.78 is 0. The highest BCUT2D eigenvalue weighted by Crippen LogP contribution is 2.18. The molecule has 1 aliphatic heterocycles. The van der Waals surface area contributed by atoms with Crippen LogP contribution in [-0.4, -0.2) is 24.1 Å². The smallest absolute Gasteiger partial charge is 0.271 e. The molecule has 0 bridgehead atoms. The van der Waals surface area contributed by atoms with E-state index in [0.29, 0.717) is 23.7 Å². The van der Waals surface area contributed by atoms with Crippen LogP contribution in [0.5, 0.6) is 0 Å². The number of hydrogen-bond donors (Lipinski definition) is 0. The molecule has 0 saturated carbocycles. The second kappa shape index (κ2) is 4.21. The van der Waals surface area contributed by atoms with Crippen LogP contribution in [0.4, 0.5) is 0 Å². The van der Waals surface area contributed by atoms with Crippen LogP contribution in [0.15, 0.2) is 18.2 Å². The highest BCUT2D eigenvalue weighted by molar-refractivity contribution is 6.31. The molecule has 1 heterocycles. The first kappa shape index (κ1) is 10.5. The number of nitrogens with zero attached hydrogens (tertiary/aromatic N) is 1. The van der Waals surface area contributed by atoms with Crippen molar-refractivity contribution in [1.29, 1.82) is 0 Å². The Morgan fingerprint density at radius 2 is 2.33 bits per heavy atom. The number of benzene rings is 1. The predicted octanol–water partition coefficient (Wildman–Crippen LogP) is 2.43. The maximum absolute atomic E-state index is 11.9. The first-order valence-electron chi connectivity index (χ1n) is 4.89. The molecule has 1 aliphatic rings. The molecule has 0 radical (unpaired) electrons. The number of hydroxylamine groups is 2. The summed E-state index contributed by atoms with van der Waals surface area (Å²) in [5.74, 6) is -0.0905. The molecule has 1 saturated heterocycles. The normalized spacial score (nSPS) is 15.7. The standard InChI is InChI=1S/C11H12ClNO2/c1-8-7-9(3-4-10(8)12)11(14)13-5-2-6-15-13/h3-4,7H,2,5-6H2,1H3. The van der Waals surface area contributed by atoms with Gasteiger partial charge in [0.1, 0.15) is 0 Å². The molecule has 1 aromatic rings. The van der Waals surface area contributed by atoms with Crippen molar-refractivity contribution in [2.24, 2.45) is 0 Å². The van der Waals surface area contributed by atoms with Gasteiger partial charge in [0, 0.05) is 10.6 Å². The molecular weight excluding hydrogens is 214 g/mol. The van der Waals surface area contributed by atoms with Gasteiger partial charge in [0.2, 0.25) is 0 Å². The quantitative estimate of drug-likeness (QED) is 0.735. The largest absolute Gasteiger partial charge is 0.277 e. The molecule has 0 spiro atoms. The van der Waals surface area contributed by atoms with E-state index in [0.717, 1.165) is 12.0 Å². The van der Waals surface area contributed by atoms with Gasteiger partial charge in [-0.15, -0.1) is 0 Å². The maximum atomic E-state index is 11.9. The van der Waals surface area contributed by atoms with Crippen LogP contribution < -0.4 is 0 Å². The van der Waals surface area contributed by atoms with Gasteiger partial charge in [0.15, 0.2) is 0 Å². The van der Waals surface area contributed by atoms with Gasteiger partial charge in [-0.3, -0.25) is 9.63 Å². The Morgan fingerprint density at radius 3 is 2.93 bits per heavy atom. The molecular formula is C11H12ClNO2. The molecule has 0 unspecified atom stereocenters. The van der Waals surface area contributed by atoms with Gasteiger partial charge in [0.05, 0.1) is 13.2 Å². The minimum Gasteiger partial charge on any atom is -0.271 e. The summed E-state index contributed by atoms with van der Waals surface area (Å²) in [6.45, 7) is 3.17. The van der Waals surface area contributed by atoms with Crippen LogP contribution in [0.3, 0.4) is 0 Å². The van der Waals surface area contributed by atoms with Crippen LogP contribution >= 0.6 is 11.6 Å². The summed E-state index contributed by atoms with van der Waals surface area (Å²) in [5.41, 5.74) is 1.53. The zero-order valence-electron chi connectivity index (χ0n) is 8.50. The lowest BCUT2D eigenvalue weighted by molar-refractivity contribution is -0.0768. The molecule has 1 amide bonds. The fourth-order valence-electron chi connectivity index (χ4n) is 1.53. The summed E-state index contributed by atoms with van der Waals surface area (Å²) in [7, 11) is 0. The lowest BCUT2D eigenvalue weighted by Gasteiger charge is -2.14. The predicted molar refractivity (Wildman–Crippen MR) is 57.8 cm³/mol. The van der Waals surface area contributed by atoms with Gasteiger partial charge >= 0.3 is 0 Å². The van der Waals surface area contributed by atoms with Gasteiger partial charge < -0.3 is 0 Å². The van der Waals surface area contributed by atoms with E-state index in [1.165, 1.54) is 5.06 Å². The molecule has 3 nitrogen and oxygen atoms in total. The van der Waals surface area contributed by atoms with Crippen molar-refractivity contribution in [3.8, 4) is 0 Å². The average Bonchev–Trinajstić information content (AvgIpc) is 2.74. The molecule has 15 heavy (non-hydrogen) atoms. The highest BCUT2D eigenvalue weighted by Gasteiger charge is 2.20. The first-order chi connectivity index (χ1) is 7.18. The van der Waals surface area contributed by atoms with Crippen LogP contribution in [-0.2, 0) is 4.84 Å². The maximum Gasteiger partial charge on any atom is 0.277 e. The van der Waals surface area contributed by atoms with Crippen molar-refractivity contribution in [2.75, 3.05) is 13.2 Å². The summed E-state index contributed by atoms with van der Waals surface area (Å²) in [5, 5.41) is 2.08. The van der Waals surface area contributed by atoms with Crippen molar-refractivity contribution in [1.82, 2.24) is 5.06 Å². The number of halogens is 1. The Hall–Kier alpha value is -1.06. The van der Waals surface area contributed by atoms with Gasteiger partial charge in [-0.05, 0) is 37.1 Å². The molecule has 0 atom stereocenters. The molecule has 1 aromatic carbocycles. The SMILES string of the molecule is Cc1cc(C(=O)N2CCCO2)ccc1Cl. The summed E-state index contributed by atoms with van der Waals surface area (Å²) in [4.78, 5) is 17.1. The van der Waals surface area contributed by atoms with E-state index in [9.17, 15) is 4.79 Å². The molecule has 80 valence electrons. The second-order valence-electron chi connectivity index (χ2n) is 3.56. The Labute approximate surface area is 93.5 Å². The van der Waals surface area contributed by atoms with E-state index in [4.69, 9.17) is 16.4 Å². The number of aryl methyl sites for hydroxylation is 1. The van der Waals surface area contributed by atoms with Crippen LogP contribution in [0.1, 0.15) is 22.3 Å². The van der Waals surface area contributed by atoms with Crippen molar-refractivity contribution < 1.29 is 9.63 Å². The van der Waals surface area contributed by atoms with Crippen molar-refractivity contribution in [3.63, 3.8) is 0 Å². The molecule has 0 N–H and O–H groups in total. The van der Waals surface area contributed by atoms with Crippen LogP contribution in [0, 0.1) is 6.92 Å². The molecule has 1 fully saturated rings. The number of amides is 1. The highest BCUT2D eigenvalue weighted by atomic mass is 35.5. The number of carbonyl (C=O) groups is 1. The lowest BCUT2D eigenvalue weighted by atomic mass is 10.1. The van der Waals surface area contributed by atoms with E-state index in [1.807, 2.05) is 6.92 Å². The Bertz CT molecular complexity index is 386. The summed E-state index contributed by atoms with van der Waals surface area (Å²) >= 11 is 5.89. The molecule has 4 heteroatoms. The van der Waals surface area contributed by atoms with Gasteiger partial charge in [-0.25, -0.2) is 5.06 Å². The summed E-state index contributed by atoms with van der Waals surface area (Å²) in [6.07, 6.45) is 0.901. The van der Waals surface area contributed by atoms with E-state index < -0.39 is 0 Å². The third kappa shape index (κ3) is 2.13. The molecule has 2 rings (SSSR count). The van der Waals surface area contributed by atoms with Crippen LogP contribution in [0.2, 0.25) is 5.02 Å². The topological polar surface area (TPSA) is 29.5 Å². The van der Waals surface area contributed by atoms with E-state index in [2.05, 4.69) is 0 Å². The zero-order valence-corrected chi connectivity index (χ0v) is 9.25. The van der Waals surface area contributed by atoms with E-state index >= 15 is 0 Å². The Balaban J connectivity index is 2.21. The number of rotatable bonds is 1. The Morgan fingerprint density at radius 1 is 1.53 bits per heavy atom. The fraction of sp³-hybridized carbons (Fsp3) is 0.364. The van der Waals surface area contributed by atoms with E-state index in [1.54, 1.807) is 18.2 Å².